The Kier molecular flexibility index (Phi) is 4.64. The van der Waals surface area contributed by atoms with Crippen LogP contribution in [0, 0.1) is 23.4 Å². The van der Waals surface area contributed by atoms with Crippen LogP contribution in [0.25, 0.3) is 21.5 Å². The minimum atomic E-state index is -1.41. The Balaban J connectivity index is 0.00000210. The lowest BCUT2D eigenvalue weighted by Gasteiger charge is -2.28. The van der Waals surface area contributed by atoms with Crippen LogP contribution >= 0.6 is 0 Å². The maximum Gasteiger partial charge on any atom is 0.195 e. The summed E-state index contributed by atoms with van der Waals surface area (Å²) in [4.78, 5) is 0. The van der Waals surface area contributed by atoms with Crippen LogP contribution in [0.3, 0.4) is 0 Å². The maximum absolute atomic E-state index is 14.0. The molecule has 0 N–H and O–H groups in total. The van der Waals surface area contributed by atoms with Crippen LogP contribution < -0.4 is 0 Å². The van der Waals surface area contributed by atoms with Gasteiger partial charge in [-0.1, -0.05) is 50.1 Å². The van der Waals surface area contributed by atoms with E-state index in [9.17, 15) is 13.2 Å². The van der Waals surface area contributed by atoms with Gasteiger partial charge >= 0.3 is 0 Å². The first-order chi connectivity index (χ1) is 12.6. The second-order valence-electron chi connectivity index (χ2n) is 7.63. The highest BCUT2D eigenvalue weighted by atomic mass is 19.2. The molecule has 0 saturated heterocycles. The molecule has 0 atom stereocenters. The monoisotopic (exact) mass is 358 g/mol. The van der Waals surface area contributed by atoms with Crippen molar-refractivity contribution in [3.8, 4) is 0 Å². The lowest BCUT2D eigenvalue weighted by atomic mass is 9.77. The van der Waals surface area contributed by atoms with Crippen molar-refractivity contribution in [1.29, 1.82) is 0 Å². The van der Waals surface area contributed by atoms with Crippen molar-refractivity contribution in [1.82, 2.24) is 0 Å². The molecule has 3 heteroatoms. The van der Waals surface area contributed by atoms with Crippen LogP contribution in [0.4, 0.5) is 13.2 Å². The molecule has 0 aliphatic heterocycles. The van der Waals surface area contributed by atoms with E-state index in [4.69, 9.17) is 0 Å². The van der Waals surface area contributed by atoms with Crippen LogP contribution in [-0.2, 0) is 0 Å². The Labute approximate surface area is 153 Å². The zero-order chi connectivity index (χ0) is 18.3. The van der Waals surface area contributed by atoms with Gasteiger partial charge in [-0.2, -0.15) is 0 Å². The number of hydrogen-bond donors (Lipinski definition) is 0. The van der Waals surface area contributed by atoms with E-state index in [0.717, 1.165) is 22.8 Å². The predicted molar refractivity (Wildman–Crippen MR) is 103 cm³/mol. The van der Waals surface area contributed by atoms with Gasteiger partial charge in [-0.05, 0) is 65.3 Å². The molecule has 0 spiro atoms. The Hall–Kier alpha value is -2.03. The molecule has 1 aliphatic carbocycles. The minimum absolute atomic E-state index is 0. The van der Waals surface area contributed by atoms with Gasteiger partial charge in [0.05, 0.1) is 0 Å². The van der Waals surface area contributed by atoms with Gasteiger partial charge in [0.2, 0.25) is 0 Å². The molecule has 0 bridgehead atoms. The number of hydrogen-bond acceptors (Lipinski definition) is 0. The molecule has 1 saturated carbocycles. The Morgan fingerprint density at radius 3 is 2.31 bits per heavy atom. The standard InChI is InChI=1S/C23H23F3.H2/c1-2-3-14-4-6-15(7-5-14)16-8-10-18-17(12-16)9-11-19-20(18)13-21(24)23(26)22(19)25;/h8-15H,2-7H2,1H3;1H. The lowest BCUT2D eigenvalue weighted by molar-refractivity contribution is 0.308. The van der Waals surface area contributed by atoms with E-state index in [0.29, 0.717) is 11.3 Å². The summed E-state index contributed by atoms with van der Waals surface area (Å²) >= 11 is 0. The van der Waals surface area contributed by atoms with E-state index >= 15 is 0 Å². The molecule has 0 heterocycles. The first kappa shape index (κ1) is 17.4. The van der Waals surface area contributed by atoms with Crippen LogP contribution in [-0.4, -0.2) is 0 Å². The molecular formula is C23H25F3. The summed E-state index contributed by atoms with van der Waals surface area (Å²) in [5.41, 5.74) is 1.30. The molecule has 26 heavy (non-hydrogen) atoms. The summed E-state index contributed by atoms with van der Waals surface area (Å²) in [5, 5.41) is 2.28. The quantitative estimate of drug-likeness (QED) is 0.332. The fourth-order valence-corrected chi connectivity index (χ4v) is 4.58. The van der Waals surface area contributed by atoms with Gasteiger partial charge in [-0.3, -0.25) is 0 Å². The second kappa shape index (κ2) is 6.94. The van der Waals surface area contributed by atoms with Crippen molar-refractivity contribution in [2.45, 2.75) is 51.4 Å². The second-order valence-corrected chi connectivity index (χ2v) is 7.63. The van der Waals surface area contributed by atoms with Crippen LogP contribution in [0.1, 0.15) is 58.4 Å². The van der Waals surface area contributed by atoms with E-state index in [1.54, 1.807) is 6.07 Å². The van der Waals surface area contributed by atoms with E-state index < -0.39 is 17.5 Å². The predicted octanol–water partition coefficient (Wildman–Crippen LogP) is 7.73. The molecule has 4 rings (SSSR count). The normalized spacial score (nSPS) is 20.8. The highest BCUT2D eigenvalue weighted by Gasteiger charge is 2.22. The van der Waals surface area contributed by atoms with Crippen molar-refractivity contribution in [3.63, 3.8) is 0 Å². The first-order valence-electron chi connectivity index (χ1n) is 9.58. The van der Waals surface area contributed by atoms with Gasteiger partial charge < -0.3 is 0 Å². The zero-order valence-corrected chi connectivity index (χ0v) is 15.0. The van der Waals surface area contributed by atoms with Gasteiger partial charge in [0.1, 0.15) is 0 Å². The molecule has 1 fully saturated rings. The fraction of sp³-hybridized carbons (Fsp3) is 0.391. The molecule has 0 aromatic heterocycles. The molecular weight excluding hydrogens is 333 g/mol. The Morgan fingerprint density at radius 1 is 0.846 bits per heavy atom. The van der Waals surface area contributed by atoms with Crippen molar-refractivity contribution in [2.75, 3.05) is 0 Å². The van der Waals surface area contributed by atoms with E-state index in [1.807, 2.05) is 12.1 Å². The Morgan fingerprint density at radius 2 is 1.58 bits per heavy atom. The largest absolute Gasteiger partial charge is 0.204 e. The SMILES string of the molecule is CCCC1CCC(c2ccc3c(ccc4c(F)c(F)c(F)cc43)c2)CC1.[HH]. The molecule has 3 aromatic rings. The molecule has 138 valence electrons. The van der Waals surface area contributed by atoms with Crippen LogP contribution in [0.15, 0.2) is 36.4 Å². The van der Waals surface area contributed by atoms with Gasteiger partial charge in [0.25, 0.3) is 0 Å². The van der Waals surface area contributed by atoms with Crippen molar-refractivity contribution in [3.05, 3.63) is 59.4 Å². The summed E-state index contributed by atoms with van der Waals surface area (Å²) in [6.07, 6.45) is 7.56. The molecule has 0 amide bonds. The summed E-state index contributed by atoms with van der Waals surface area (Å²) in [7, 11) is 0. The highest BCUT2D eigenvalue weighted by Crippen LogP contribution is 2.39. The van der Waals surface area contributed by atoms with Crippen LogP contribution in [0.2, 0.25) is 0 Å². The maximum atomic E-state index is 14.0. The number of rotatable bonds is 3. The Bertz CT molecular complexity index is 959. The van der Waals surface area contributed by atoms with Gasteiger partial charge in [0.15, 0.2) is 17.5 Å². The van der Waals surface area contributed by atoms with E-state index in [1.165, 1.54) is 44.1 Å². The molecule has 0 unspecified atom stereocenters. The van der Waals surface area contributed by atoms with E-state index in [-0.39, 0.29) is 6.81 Å². The first-order valence-corrected chi connectivity index (χ1v) is 9.58. The summed E-state index contributed by atoms with van der Waals surface area (Å²) in [6.45, 7) is 2.25. The van der Waals surface area contributed by atoms with Gasteiger partial charge in [0, 0.05) is 6.81 Å². The average Bonchev–Trinajstić information content (AvgIpc) is 2.66. The smallest absolute Gasteiger partial charge is 0.195 e. The number of halogens is 3. The molecule has 3 aromatic carbocycles. The zero-order valence-electron chi connectivity index (χ0n) is 15.0. The van der Waals surface area contributed by atoms with Crippen molar-refractivity contribution >= 4 is 21.5 Å². The number of fused-ring (bicyclic) bond motifs is 3. The molecule has 0 nitrogen and oxygen atoms in total. The van der Waals surface area contributed by atoms with Crippen LogP contribution in [0.5, 0.6) is 0 Å². The van der Waals surface area contributed by atoms with Crippen molar-refractivity contribution in [2.24, 2.45) is 5.92 Å². The summed E-state index contributed by atoms with van der Waals surface area (Å²) in [6, 6.07) is 10.6. The topological polar surface area (TPSA) is 0 Å². The summed E-state index contributed by atoms with van der Waals surface area (Å²) < 4.78 is 41.2. The van der Waals surface area contributed by atoms with Gasteiger partial charge in [-0.15, -0.1) is 0 Å². The fourth-order valence-electron chi connectivity index (χ4n) is 4.58. The third-order valence-corrected chi connectivity index (χ3v) is 6.01. The lowest BCUT2D eigenvalue weighted by Crippen LogP contribution is -2.13. The third-order valence-electron chi connectivity index (χ3n) is 6.01. The van der Waals surface area contributed by atoms with Crippen molar-refractivity contribution < 1.29 is 14.6 Å². The molecule has 1 aliphatic rings. The highest BCUT2D eigenvalue weighted by molar-refractivity contribution is 6.07. The average molecular weight is 358 g/mol. The van der Waals surface area contributed by atoms with E-state index in [2.05, 4.69) is 19.1 Å². The number of benzene rings is 3. The van der Waals surface area contributed by atoms with Gasteiger partial charge in [-0.25, -0.2) is 13.2 Å². The molecule has 0 radical (unpaired) electrons. The summed E-state index contributed by atoms with van der Waals surface area (Å²) in [5.74, 6) is -2.23. The third kappa shape index (κ3) is 2.98. The minimum Gasteiger partial charge on any atom is -0.204 e.